The summed E-state index contributed by atoms with van der Waals surface area (Å²) < 4.78 is 23.8. The first-order valence-corrected chi connectivity index (χ1v) is 37.2. The number of quaternary nitrogens is 1. The second-order valence-electron chi connectivity index (χ2n) is 25.6. The van der Waals surface area contributed by atoms with Crippen molar-refractivity contribution >= 4 is 13.7 Å². The average molecular weight is 1170 g/mol. The maximum atomic E-state index is 13.1. The van der Waals surface area contributed by atoms with Crippen LogP contribution < -0.4 is 5.32 Å². The number of aliphatic hydroxyl groups is 1. The van der Waals surface area contributed by atoms with E-state index in [1.807, 2.05) is 27.2 Å². The molecule has 0 fully saturated rings. The molecule has 0 rings (SSSR count). The maximum Gasteiger partial charge on any atom is 0.472 e. The normalized spacial score (nSPS) is 14.0. The number of hydrogen-bond donors (Lipinski definition) is 3. The molecule has 482 valence electrons. The molecule has 9 heteroatoms. The van der Waals surface area contributed by atoms with Gasteiger partial charge in [-0.05, 0) is 77.0 Å². The molecule has 0 saturated carbocycles. The van der Waals surface area contributed by atoms with Crippen LogP contribution in [0.3, 0.4) is 0 Å². The molecule has 0 aliphatic rings. The molecule has 0 heterocycles. The Hall–Kier alpha value is -1.80. The van der Waals surface area contributed by atoms with E-state index in [2.05, 4.69) is 67.8 Å². The molecule has 0 aliphatic carbocycles. The molecular formula is C73H140N2O6P+. The van der Waals surface area contributed by atoms with Crippen molar-refractivity contribution in [3.8, 4) is 0 Å². The average Bonchev–Trinajstić information content (AvgIpc) is 3.47. The monoisotopic (exact) mass is 1170 g/mol. The fourth-order valence-electron chi connectivity index (χ4n) is 10.6. The zero-order valence-corrected chi connectivity index (χ0v) is 56.1. The summed E-state index contributed by atoms with van der Waals surface area (Å²) in [6.45, 7) is 4.82. The molecule has 0 spiro atoms. The van der Waals surface area contributed by atoms with Crippen LogP contribution in [-0.2, 0) is 18.4 Å². The predicted octanol–water partition coefficient (Wildman–Crippen LogP) is 22.8. The van der Waals surface area contributed by atoms with Crippen molar-refractivity contribution in [1.82, 2.24) is 5.32 Å². The fourth-order valence-corrected chi connectivity index (χ4v) is 11.4. The first kappa shape index (κ1) is 80.2. The number of nitrogens with one attached hydrogen (secondary N) is 1. The Balaban J connectivity index is 4.09. The third-order valence-corrected chi connectivity index (χ3v) is 17.2. The highest BCUT2D eigenvalue weighted by Gasteiger charge is 2.28. The largest absolute Gasteiger partial charge is 0.472 e. The summed E-state index contributed by atoms with van der Waals surface area (Å²) >= 11 is 0. The number of carbonyl (C=O) groups is 1. The van der Waals surface area contributed by atoms with E-state index in [1.54, 1.807) is 6.08 Å². The van der Waals surface area contributed by atoms with Crippen LogP contribution in [0.25, 0.3) is 0 Å². The lowest BCUT2D eigenvalue weighted by atomic mass is 10.0. The summed E-state index contributed by atoms with van der Waals surface area (Å²) in [5.74, 6) is -0.185. The molecule has 3 atom stereocenters. The number of carbonyl (C=O) groups excluding carboxylic acids is 1. The lowest BCUT2D eigenvalue weighted by Gasteiger charge is -2.25. The van der Waals surface area contributed by atoms with E-state index >= 15 is 0 Å². The highest BCUT2D eigenvalue weighted by atomic mass is 31.2. The summed E-state index contributed by atoms with van der Waals surface area (Å²) in [5, 5.41) is 14.0. The first-order valence-electron chi connectivity index (χ1n) is 35.7. The number of phosphoric acid groups is 1. The van der Waals surface area contributed by atoms with Gasteiger partial charge >= 0.3 is 7.82 Å². The molecule has 8 nitrogen and oxygen atoms in total. The lowest BCUT2D eigenvalue weighted by molar-refractivity contribution is -0.870. The van der Waals surface area contributed by atoms with Crippen LogP contribution in [0, 0.1) is 0 Å². The number of aliphatic hydroxyl groups excluding tert-OH is 1. The van der Waals surface area contributed by atoms with Crippen molar-refractivity contribution in [2.45, 2.75) is 360 Å². The van der Waals surface area contributed by atoms with Gasteiger partial charge in [0, 0.05) is 6.42 Å². The van der Waals surface area contributed by atoms with Crippen molar-refractivity contribution in [1.29, 1.82) is 0 Å². The topological polar surface area (TPSA) is 105 Å². The Bertz CT molecular complexity index is 1520. The first-order chi connectivity index (χ1) is 40.0. The van der Waals surface area contributed by atoms with Gasteiger partial charge in [-0.15, -0.1) is 0 Å². The molecule has 0 aliphatic heterocycles. The van der Waals surface area contributed by atoms with Crippen molar-refractivity contribution in [2.75, 3.05) is 40.9 Å². The van der Waals surface area contributed by atoms with E-state index < -0.39 is 20.0 Å². The van der Waals surface area contributed by atoms with Gasteiger partial charge in [0.15, 0.2) is 0 Å². The Morgan fingerprint density at radius 3 is 1.05 bits per heavy atom. The van der Waals surface area contributed by atoms with E-state index in [0.717, 1.165) is 51.4 Å². The summed E-state index contributed by atoms with van der Waals surface area (Å²) in [5.41, 5.74) is 0. The van der Waals surface area contributed by atoms with Gasteiger partial charge in [-0.1, -0.05) is 325 Å². The highest BCUT2D eigenvalue weighted by molar-refractivity contribution is 7.47. The molecule has 0 aromatic heterocycles. The number of amides is 1. The van der Waals surface area contributed by atoms with Gasteiger partial charge in [-0.3, -0.25) is 13.8 Å². The van der Waals surface area contributed by atoms with E-state index in [0.29, 0.717) is 17.4 Å². The third kappa shape index (κ3) is 65.7. The molecule has 1 amide bonds. The van der Waals surface area contributed by atoms with Gasteiger partial charge in [0.1, 0.15) is 13.2 Å². The number of nitrogens with zero attached hydrogens (tertiary/aromatic N) is 1. The van der Waals surface area contributed by atoms with Crippen LogP contribution in [-0.4, -0.2) is 73.4 Å². The van der Waals surface area contributed by atoms with Crippen molar-refractivity contribution in [3.05, 3.63) is 60.8 Å². The van der Waals surface area contributed by atoms with Crippen LogP contribution in [0.1, 0.15) is 348 Å². The minimum Gasteiger partial charge on any atom is -0.387 e. The highest BCUT2D eigenvalue weighted by Crippen LogP contribution is 2.43. The summed E-state index contributed by atoms with van der Waals surface area (Å²) in [4.78, 5) is 23.4. The Kier molecular flexibility index (Phi) is 62.3. The Morgan fingerprint density at radius 2 is 0.707 bits per heavy atom. The number of likely N-dealkylation sites (N-methyl/N-ethyl adjacent to an activating group) is 1. The standard InChI is InChI=1S/C73H139N2O6P/c1-6-8-10-12-14-16-18-20-22-24-26-28-30-32-34-35-36-37-38-39-41-43-45-47-49-51-53-55-57-59-61-63-65-67-73(77)74-71(70-81-82(78,79)80-69-68-75(3,4)5)72(76)66-64-62-60-58-56-54-52-50-48-46-44-42-40-33-31-29-27-25-23-21-19-17-15-13-11-9-7-2/h18,20,24,26,48,50,56,58,64,66,71-72,76H,6-17,19,21-23,25,27-47,49,51-55,57,59-63,65,67-70H2,1-5H3,(H-,74,77,78,79)/p+1/b20-18-,26-24-,50-48+,58-56+,66-64+. The predicted molar refractivity (Wildman–Crippen MR) is 360 cm³/mol. The van der Waals surface area contributed by atoms with E-state index in [1.165, 1.54) is 276 Å². The molecule has 3 unspecified atom stereocenters. The Labute approximate surface area is 511 Å². The van der Waals surface area contributed by atoms with Crippen LogP contribution in [0.5, 0.6) is 0 Å². The van der Waals surface area contributed by atoms with Gasteiger partial charge < -0.3 is 19.8 Å². The van der Waals surface area contributed by atoms with E-state index in [4.69, 9.17) is 9.05 Å². The van der Waals surface area contributed by atoms with Crippen LogP contribution in [0.4, 0.5) is 0 Å². The molecule has 0 aromatic carbocycles. The molecule has 82 heavy (non-hydrogen) atoms. The quantitative estimate of drug-likeness (QED) is 0.0243. The summed E-state index contributed by atoms with van der Waals surface area (Å²) in [6.07, 6.45) is 88.1. The molecule has 0 saturated heterocycles. The maximum absolute atomic E-state index is 13.1. The van der Waals surface area contributed by atoms with Gasteiger partial charge in [0.05, 0.1) is 39.9 Å². The zero-order chi connectivity index (χ0) is 59.8. The smallest absolute Gasteiger partial charge is 0.387 e. The number of rotatable bonds is 66. The SMILES string of the molecule is CCCCCCC/C=C\C/C=C\CCCCCCCCCCCCCCCCCCCCCCCC(=O)NC(COP(=O)(O)OCC[N+](C)(C)C)C(O)/C=C/CC/C=C/CC/C=C/CCCCCCCCCCCCCCCCCCC. The minimum atomic E-state index is -4.37. The van der Waals surface area contributed by atoms with Gasteiger partial charge in [0.25, 0.3) is 0 Å². The van der Waals surface area contributed by atoms with Gasteiger partial charge in [-0.2, -0.15) is 0 Å². The number of allylic oxidation sites excluding steroid dienone is 9. The van der Waals surface area contributed by atoms with E-state index in [9.17, 15) is 19.4 Å². The minimum absolute atomic E-state index is 0.0537. The molecule has 0 bridgehead atoms. The lowest BCUT2D eigenvalue weighted by Crippen LogP contribution is -2.45. The van der Waals surface area contributed by atoms with Crippen molar-refractivity contribution in [3.63, 3.8) is 0 Å². The number of unbranched alkanes of at least 4 members (excludes halogenated alkanes) is 45. The second kappa shape index (κ2) is 63.7. The number of hydrogen-bond acceptors (Lipinski definition) is 5. The summed E-state index contributed by atoms with van der Waals surface area (Å²) in [7, 11) is 1.56. The van der Waals surface area contributed by atoms with Crippen molar-refractivity contribution < 1.29 is 32.9 Å². The zero-order valence-electron chi connectivity index (χ0n) is 55.2. The van der Waals surface area contributed by atoms with Crippen LogP contribution >= 0.6 is 7.82 Å². The van der Waals surface area contributed by atoms with Crippen LogP contribution in [0.2, 0.25) is 0 Å². The van der Waals surface area contributed by atoms with Crippen molar-refractivity contribution in [2.24, 2.45) is 0 Å². The Morgan fingerprint density at radius 1 is 0.415 bits per heavy atom. The van der Waals surface area contributed by atoms with Gasteiger partial charge in [-0.25, -0.2) is 4.57 Å². The molecule has 0 radical (unpaired) electrons. The molecule has 3 N–H and O–H groups in total. The van der Waals surface area contributed by atoms with Gasteiger partial charge in [0.2, 0.25) is 5.91 Å². The number of phosphoric ester groups is 1. The van der Waals surface area contributed by atoms with E-state index in [-0.39, 0.29) is 19.1 Å². The summed E-state index contributed by atoms with van der Waals surface area (Å²) in [6, 6.07) is -0.872. The molecular weight excluding hydrogens is 1030 g/mol. The third-order valence-electron chi connectivity index (χ3n) is 16.2. The molecule has 0 aromatic rings. The van der Waals surface area contributed by atoms with Crippen LogP contribution in [0.15, 0.2) is 60.8 Å². The fraction of sp³-hybridized carbons (Fsp3) is 0.849. The second-order valence-corrected chi connectivity index (χ2v) is 27.0.